The molecule has 0 bridgehead atoms. The summed E-state index contributed by atoms with van der Waals surface area (Å²) in [4.78, 5) is 17.0. The number of rotatable bonds is 9. The molecule has 3 aromatic rings. The lowest BCUT2D eigenvalue weighted by atomic mass is 10.1. The molecule has 0 unspecified atom stereocenters. The summed E-state index contributed by atoms with van der Waals surface area (Å²) in [6.07, 6.45) is 2.49. The van der Waals surface area contributed by atoms with Gasteiger partial charge in [0.1, 0.15) is 5.82 Å². The molecule has 0 saturated carbocycles. The third kappa shape index (κ3) is 5.78. The van der Waals surface area contributed by atoms with Gasteiger partial charge in [-0.1, -0.05) is 66.4 Å². The third-order valence-corrected chi connectivity index (χ3v) is 6.91. The summed E-state index contributed by atoms with van der Waals surface area (Å²) in [7, 11) is 1.86. The average Bonchev–Trinajstić information content (AvgIpc) is 3.45. The summed E-state index contributed by atoms with van der Waals surface area (Å²) in [6.45, 7) is 6.44. The van der Waals surface area contributed by atoms with E-state index in [2.05, 4.69) is 63.0 Å². The van der Waals surface area contributed by atoms with Crippen LogP contribution in [0.5, 0.6) is 0 Å². The smallest absolute Gasteiger partial charge is 0.233 e. The van der Waals surface area contributed by atoms with Gasteiger partial charge in [0.05, 0.1) is 18.8 Å². The monoisotopic (exact) mass is 449 g/mol. The second-order valence-electron chi connectivity index (χ2n) is 8.42. The lowest BCUT2D eigenvalue weighted by molar-refractivity contribution is -0.127. The first-order chi connectivity index (χ1) is 15.6. The first kappa shape index (κ1) is 22.6. The molecule has 0 aliphatic carbocycles. The second-order valence-corrected chi connectivity index (χ2v) is 9.36. The summed E-state index contributed by atoms with van der Waals surface area (Å²) in [6, 6.07) is 18.6. The van der Waals surface area contributed by atoms with Gasteiger partial charge in [-0.05, 0) is 49.5 Å². The summed E-state index contributed by atoms with van der Waals surface area (Å²) in [5.74, 6) is 1.41. The van der Waals surface area contributed by atoms with Crippen LogP contribution < -0.4 is 0 Å². The Kier molecular flexibility index (Phi) is 7.60. The van der Waals surface area contributed by atoms with Crippen molar-refractivity contribution in [3.05, 3.63) is 77.1 Å². The van der Waals surface area contributed by atoms with Gasteiger partial charge in [-0.2, -0.15) is 0 Å². The largest absolute Gasteiger partial charge is 0.341 e. The maximum atomic E-state index is 12.8. The fraction of sp³-hybridized carbons (Fsp3) is 0.400. The molecule has 1 aliphatic rings. The second kappa shape index (κ2) is 10.8. The van der Waals surface area contributed by atoms with E-state index in [1.807, 2.05) is 25.2 Å². The molecule has 0 atom stereocenters. The van der Waals surface area contributed by atoms with E-state index in [1.54, 1.807) is 4.90 Å². The summed E-state index contributed by atoms with van der Waals surface area (Å²) < 4.78 is 2.17. The number of likely N-dealkylation sites (tertiary alicyclic amines) is 1. The van der Waals surface area contributed by atoms with E-state index in [9.17, 15) is 4.79 Å². The molecule has 0 radical (unpaired) electrons. The molecule has 6 nitrogen and oxygen atoms in total. The topological polar surface area (TPSA) is 54.3 Å². The fourth-order valence-corrected chi connectivity index (χ4v) is 4.87. The van der Waals surface area contributed by atoms with E-state index in [0.29, 0.717) is 18.8 Å². The molecule has 2 aromatic carbocycles. The normalized spacial score (nSPS) is 14.1. The Balaban J connectivity index is 1.44. The van der Waals surface area contributed by atoms with Gasteiger partial charge in [-0.25, -0.2) is 0 Å². The zero-order chi connectivity index (χ0) is 22.3. The highest BCUT2D eigenvalue weighted by atomic mass is 32.2. The first-order valence-corrected chi connectivity index (χ1v) is 12.2. The van der Waals surface area contributed by atoms with Gasteiger partial charge in [0.15, 0.2) is 5.16 Å². The van der Waals surface area contributed by atoms with Gasteiger partial charge in [0.25, 0.3) is 0 Å². The molecule has 7 heteroatoms. The number of nitrogens with zero attached hydrogens (tertiary/aromatic N) is 5. The molecule has 32 heavy (non-hydrogen) atoms. The number of carbonyl (C=O) groups is 1. The number of hydrogen-bond donors (Lipinski definition) is 0. The molecular weight excluding hydrogens is 418 g/mol. The molecule has 0 N–H and O–H groups in total. The lowest BCUT2D eigenvalue weighted by Gasteiger charge is -2.19. The average molecular weight is 450 g/mol. The lowest BCUT2D eigenvalue weighted by Crippen LogP contribution is -2.28. The number of hydrogen-bond acceptors (Lipinski definition) is 5. The number of thioether (sulfide) groups is 1. The summed E-state index contributed by atoms with van der Waals surface area (Å²) in [5.41, 5.74) is 3.59. The Morgan fingerprint density at radius 3 is 2.47 bits per heavy atom. The minimum Gasteiger partial charge on any atom is -0.341 e. The van der Waals surface area contributed by atoms with Crippen molar-refractivity contribution >= 4 is 17.7 Å². The predicted molar refractivity (Wildman–Crippen MR) is 128 cm³/mol. The van der Waals surface area contributed by atoms with E-state index >= 15 is 0 Å². The van der Waals surface area contributed by atoms with Crippen LogP contribution in [-0.4, -0.2) is 56.4 Å². The van der Waals surface area contributed by atoms with Crippen molar-refractivity contribution < 1.29 is 4.79 Å². The van der Waals surface area contributed by atoms with Crippen LogP contribution in [0.2, 0.25) is 0 Å². The number of aryl methyl sites for hydroxylation is 1. The van der Waals surface area contributed by atoms with Crippen LogP contribution in [-0.2, 0) is 24.4 Å². The first-order valence-electron chi connectivity index (χ1n) is 11.2. The van der Waals surface area contributed by atoms with Crippen molar-refractivity contribution in [1.29, 1.82) is 0 Å². The molecule has 2 heterocycles. The van der Waals surface area contributed by atoms with Gasteiger partial charge in [-0.3, -0.25) is 9.69 Å². The van der Waals surface area contributed by atoms with Crippen molar-refractivity contribution in [2.75, 3.05) is 25.9 Å². The van der Waals surface area contributed by atoms with E-state index < -0.39 is 0 Å². The van der Waals surface area contributed by atoms with E-state index in [-0.39, 0.29) is 5.91 Å². The van der Waals surface area contributed by atoms with Crippen molar-refractivity contribution in [1.82, 2.24) is 24.6 Å². The Morgan fingerprint density at radius 1 is 1.00 bits per heavy atom. The Bertz CT molecular complexity index is 1030. The molecule has 1 fully saturated rings. The molecule has 1 aliphatic heterocycles. The minimum absolute atomic E-state index is 0.0913. The SMILES string of the molecule is Cc1ccccc1CN(C)C(=O)CSc1nnc(CN2CCCC2)n1Cc1ccccc1. The van der Waals surface area contributed by atoms with Gasteiger partial charge >= 0.3 is 0 Å². The summed E-state index contributed by atoms with van der Waals surface area (Å²) in [5, 5.41) is 9.77. The Labute approximate surface area is 194 Å². The molecule has 1 aromatic heterocycles. The third-order valence-electron chi connectivity index (χ3n) is 5.96. The van der Waals surface area contributed by atoms with Gasteiger partial charge in [0, 0.05) is 13.6 Å². The highest BCUT2D eigenvalue weighted by Crippen LogP contribution is 2.22. The van der Waals surface area contributed by atoms with Gasteiger partial charge < -0.3 is 9.47 Å². The molecule has 4 rings (SSSR count). The Morgan fingerprint density at radius 2 is 1.72 bits per heavy atom. The summed E-state index contributed by atoms with van der Waals surface area (Å²) >= 11 is 1.48. The predicted octanol–water partition coefficient (Wildman–Crippen LogP) is 3.98. The standard InChI is InChI=1S/C25H31N5OS/c1-20-10-6-7-13-22(20)17-28(2)24(31)19-32-25-27-26-23(18-29-14-8-9-15-29)30(25)16-21-11-4-3-5-12-21/h3-7,10-13H,8-9,14-19H2,1-2H3. The zero-order valence-corrected chi connectivity index (χ0v) is 19.7. The Hall–Kier alpha value is -2.64. The van der Waals surface area contributed by atoms with Crippen LogP contribution in [0, 0.1) is 6.92 Å². The van der Waals surface area contributed by atoms with Crippen LogP contribution in [0.15, 0.2) is 59.8 Å². The maximum Gasteiger partial charge on any atom is 0.233 e. The van der Waals surface area contributed by atoms with Crippen LogP contribution in [0.3, 0.4) is 0 Å². The van der Waals surface area contributed by atoms with Crippen LogP contribution >= 0.6 is 11.8 Å². The molecule has 0 spiro atoms. The van der Waals surface area contributed by atoms with Crippen molar-refractivity contribution in [3.63, 3.8) is 0 Å². The zero-order valence-electron chi connectivity index (χ0n) is 18.9. The van der Waals surface area contributed by atoms with Gasteiger partial charge in [-0.15, -0.1) is 10.2 Å². The van der Waals surface area contributed by atoms with Gasteiger partial charge in [0.2, 0.25) is 5.91 Å². The van der Waals surface area contributed by atoms with E-state index in [4.69, 9.17) is 0 Å². The molecule has 168 valence electrons. The van der Waals surface area contributed by atoms with E-state index in [0.717, 1.165) is 30.6 Å². The maximum absolute atomic E-state index is 12.8. The highest BCUT2D eigenvalue weighted by molar-refractivity contribution is 7.99. The van der Waals surface area contributed by atoms with Crippen molar-refractivity contribution in [2.24, 2.45) is 0 Å². The quantitative estimate of drug-likeness (QED) is 0.463. The molecule has 1 saturated heterocycles. The fourth-order valence-electron chi connectivity index (χ4n) is 3.98. The van der Waals surface area contributed by atoms with E-state index in [1.165, 1.54) is 41.3 Å². The molecule has 1 amide bonds. The number of aromatic nitrogens is 3. The minimum atomic E-state index is 0.0913. The van der Waals surface area contributed by atoms with Crippen molar-refractivity contribution in [3.8, 4) is 0 Å². The molecular formula is C25H31N5OS. The highest BCUT2D eigenvalue weighted by Gasteiger charge is 2.20. The van der Waals surface area contributed by atoms with Crippen LogP contribution in [0.1, 0.15) is 35.4 Å². The number of carbonyl (C=O) groups excluding carboxylic acids is 1. The van der Waals surface area contributed by atoms with Crippen molar-refractivity contribution in [2.45, 2.75) is 44.6 Å². The van der Waals surface area contributed by atoms with Crippen LogP contribution in [0.4, 0.5) is 0 Å². The number of amides is 1. The number of benzene rings is 2. The van der Waals surface area contributed by atoms with Crippen LogP contribution in [0.25, 0.3) is 0 Å².